The molecule has 0 aromatic heterocycles. The highest BCUT2D eigenvalue weighted by molar-refractivity contribution is 8.06. The molecule has 17 heteroatoms. The Balaban J connectivity index is 1.21. The number of carbonyl (C=O) groups excluding carboxylic acids is 2. The Bertz CT molecular complexity index is 1410. The molecule has 2 atom stereocenters. The number of nitrogens with zero attached hydrogens (tertiary/aromatic N) is 2. The Morgan fingerprint density at radius 2 is 1.07 bits per heavy atom. The molecule has 2 fully saturated rings. The van der Waals surface area contributed by atoms with Gasteiger partial charge in [0.1, 0.15) is 21.5 Å². The van der Waals surface area contributed by atoms with E-state index >= 15 is 0 Å². The van der Waals surface area contributed by atoms with Crippen molar-refractivity contribution in [1.82, 2.24) is 42.6 Å². The van der Waals surface area contributed by atoms with Gasteiger partial charge in [0.2, 0.25) is 0 Å². The molecule has 240 valence electrons. The van der Waals surface area contributed by atoms with Gasteiger partial charge < -0.3 is 10.6 Å². The van der Waals surface area contributed by atoms with Crippen molar-refractivity contribution in [2.45, 2.75) is 63.2 Å². The van der Waals surface area contributed by atoms with Crippen LogP contribution in [0.2, 0.25) is 0 Å². The van der Waals surface area contributed by atoms with E-state index in [-0.39, 0.29) is 36.6 Å². The summed E-state index contributed by atoms with van der Waals surface area (Å²) in [5.41, 5.74) is 11.7. The number of hydrazine groups is 4. The summed E-state index contributed by atoms with van der Waals surface area (Å²) in [6.45, 7) is -0.0244. The highest BCUT2D eigenvalue weighted by Gasteiger charge is 2.47. The fourth-order valence-electron chi connectivity index (χ4n) is 5.61. The highest BCUT2D eigenvalue weighted by atomic mass is 32.2. The summed E-state index contributed by atoms with van der Waals surface area (Å²) in [7, 11) is 0. The Morgan fingerprint density at radius 3 is 1.42 bits per heavy atom. The Morgan fingerprint density at radius 1 is 0.689 bits per heavy atom. The van der Waals surface area contributed by atoms with Gasteiger partial charge in [-0.15, -0.1) is 11.1 Å². The van der Waals surface area contributed by atoms with Crippen molar-refractivity contribution in [2.24, 2.45) is 0 Å². The van der Waals surface area contributed by atoms with Crippen molar-refractivity contribution in [1.29, 1.82) is 0 Å². The Labute approximate surface area is 257 Å². The molecule has 2 unspecified atom stereocenters. The molecule has 0 radical (unpaired) electrons. The fourth-order valence-corrected chi connectivity index (χ4v) is 6.84. The fraction of sp³-hybridized carbons (Fsp3) is 0.357. The summed E-state index contributed by atoms with van der Waals surface area (Å²) in [5.74, 6) is -0.998. The smallest absolute Gasteiger partial charge is 0.347 e. The third-order valence-corrected chi connectivity index (χ3v) is 9.13. The maximum Gasteiger partial charge on any atom is 0.416 e. The first-order valence-electron chi connectivity index (χ1n) is 14.1. The van der Waals surface area contributed by atoms with Gasteiger partial charge in [0, 0.05) is 13.1 Å². The number of alkyl halides is 6. The predicted octanol–water partition coefficient (Wildman–Crippen LogP) is 3.70. The van der Waals surface area contributed by atoms with Gasteiger partial charge in [-0.25, -0.2) is 0 Å². The standard InChI is InChI=1S/C28H28F6N8O2S/c29-27(30,31)17-9-5-15(6-10-17)13-35-23(43)21-25-41(39-37-21)19-3-1-2-4-20(19)42-26(45-25)22(38-40-42)24(44)36-14-16-7-11-18(12-8-16)28(32,33)34/h5-12,19-20,37-40H,1-4,13-14H2,(H,35,43)(H,36,44). The topological polar surface area (TPSA) is 113 Å². The van der Waals surface area contributed by atoms with Gasteiger partial charge in [-0.1, -0.05) is 37.1 Å². The molecule has 45 heavy (non-hydrogen) atoms. The van der Waals surface area contributed by atoms with Gasteiger partial charge in [-0.3, -0.25) is 30.5 Å². The number of thioether (sulfide) groups is 1. The van der Waals surface area contributed by atoms with Crippen LogP contribution in [0.3, 0.4) is 0 Å². The number of hydrogen-bond acceptors (Lipinski definition) is 9. The maximum absolute atomic E-state index is 13.3. The lowest BCUT2D eigenvalue weighted by Gasteiger charge is -2.40. The van der Waals surface area contributed by atoms with Crippen molar-refractivity contribution < 1.29 is 35.9 Å². The number of fused-ring (bicyclic) bond motifs is 5. The average Bonchev–Trinajstić information content (AvgIpc) is 3.60. The van der Waals surface area contributed by atoms with Crippen LogP contribution in [0.15, 0.2) is 70.0 Å². The van der Waals surface area contributed by atoms with Crippen LogP contribution in [0, 0.1) is 0 Å². The van der Waals surface area contributed by atoms with Crippen molar-refractivity contribution in [3.05, 3.63) is 92.2 Å². The molecule has 2 amide bonds. The van der Waals surface area contributed by atoms with Gasteiger partial charge in [-0.2, -0.15) is 26.3 Å². The van der Waals surface area contributed by atoms with Crippen molar-refractivity contribution in [3.8, 4) is 0 Å². The van der Waals surface area contributed by atoms with Crippen molar-refractivity contribution >= 4 is 23.6 Å². The lowest BCUT2D eigenvalue weighted by molar-refractivity contribution is -0.138. The molecule has 2 aromatic carbocycles. The van der Waals surface area contributed by atoms with Gasteiger partial charge in [0.05, 0.1) is 23.2 Å². The molecule has 6 rings (SSSR count). The summed E-state index contributed by atoms with van der Waals surface area (Å²) in [6, 6.07) is 8.84. The van der Waals surface area contributed by atoms with E-state index in [1.807, 2.05) is 10.0 Å². The number of carbonyl (C=O) groups is 2. The Hall–Kier alpha value is -4.09. The summed E-state index contributed by atoms with van der Waals surface area (Å²) < 4.78 is 77.5. The van der Waals surface area contributed by atoms with E-state index < -0.39 is 35.3 Å². The van der Waals surface area contributed by atoms with E-state index in [1.54, 1.807) is 0 Å². The minimum atomic E-state index is -4.46. The third kappa shape index (κ3) is 6.37. The molecule has 1 aliphatic carbocycles. The van der Waals surface area contributed by atoms with Crippen molar-refractivity contribution in [2.75, 3.05) is 0 Å². The minimum Gasteiger partial charge on any atom is -0.347 e. The summed E-state index contributed by atoms with van der Waals surface area (Å²) >= 11 is 1.17. The van der Waals surface area contributed by atoms with Gasteiger partial charge in [0.15, 0.2) is 0 Å². The van der Waals surface area contributed by atoms with Crippen LogP contribution in [0.4, 0.5) is 26.3 Å². The second-order valence-corrected chi connectivity index (χ2v) is 11.8. The van der Waals surface area contributed by atoms with E-state index in [0.29, 0.717) is 21.2 Å². The molecule has 3 heterocycles. The number of halogens is 6. The van der Waals surface area contributed by atoms with Gasteiger partial charge >= 0.3 is 12.4 Å². The zero-order chi connectivity index (χ0) is 31.9. The minimum absolute atomic E-state index is 0.0122. The highest BCUT2D eigenvalue weighted by Crippen LogP contribution is 2.45. The van der Waals surface area contributed by atoms with Crippen LogP contribution >= 0.6 is 11.8 Å². The maximum atomic E-state index is 13.3. The third-order valence-electron chi connectivity index (χ3n) is 7.94. The molecular formula is C28H28F6N8O2S. The zero-order valence-corrected chi connectivity index (χ0v) is 24.2. The normalized spacial score (nSPS) is 21.4. The molecule has 0 bridgehead atoms. The molecule has 3 aliphatic heterocycles. The quantitative estimate of drug-likeness (QED) is 0.260. The Kier molecular flexibility index (Phi) is 8.26. The van der Waals surface area contributed by atoms with Crippen LogP contribution in [0.1, 0.15) is 47.9 Å². The number of nitrogens with one attached hydrogen (secondary N) is 6. The first kappa shape index (κ1) is 30.9. The molecule has 2 aromatic rings. The molecular weight excluding hydrogens is 626 g/mol. The number of amides is 2. The lowest BCUT2D eigenvalue weighted by Crippen LogP contribution is -2.57. The van der Waals surface area contributed by atoms with Crippen molar-refractivity contribution in [3.63, 3.8) is 0 Å². The zero-order valence-electron chi connectivity index (χ0n) is 23.4. The SMILES string of the molecule is O=C(NCc1ccc(C(F)(F)F)cc1)C1=C2SC3=C(C(=O)NCc4ccc(C(F)(F)F)cc4)NNN3C3CCCCC3N2NN1. The second kappa shape index (κ2) is 12.0. The van der Waals surface area contributed by atoms with E-state index in [9.17, 15) is 35.9 Å². The van der Waals surface area contributed by atoms with Gasteiger partial charge in [0.25, 0.3) is 11.8 Å². The van der Waals surface area contributed by atoms with E-state index in [0.717, 1.165) is 49.9 Å². The van der Waals surface area contributed by atoms with Crippen LogP contribution in [0.25, 0.3) is 0 Å². The molecule has 4 aliphatic rings. The summed E-state index contributed by atoms with van der Waals surface area (Å²) in [6.07, 6.45) is -5.43. The van der Waals surface area contributed by atoms with Gasteiger partial charge in [-0.05, 0) is 60.0 Å². The second-order valence-electron chi connectivity index (χ2n) is 10.8. The average molecular weight is 655 g/mol. The first-order valence-corrected chi connectivity index (χ1v) is 14.9. The molecule has 10 nitrogen and oxygen atoms in total. The van der Waals surface area contributed by atoms with Crippen LogP contribution in [-0.2, 0) is 35.0 Å². The number of hydrogen-bond donors (Lipinski definition) is 6. The van der Waals surface area contributed by atoms with Crippen LogP contribution in [-0.4, -0.2) is 33.9 Å². The number of rotatable bonds is 6. The molecule has 0 spiro atoms. The largest absolute Gasteiger partial charge is 0.416 e. The van der Waals surface area contributed by atoms with E-state index in [2.05, 4.69) is 32.6 Å². The van der Waals surface area contributed by atoms with E-state index in [1.165, 1.54) is 36.0 Å². The first-order chi connectivity index (χ1) is 21.4. The van der Waals surface area contributed by atoms with Crippen LogP contribution in [0.5, 0.6) is 0 Å². The number of benzene rings is 2. The lowest BCUT2D eigenvalue weighted by atomic mass is 9.89. The monoisotopic (exact) mass is 654 g/mol. The summed E-state index contributed by atoms with van der Waals surface area (Å²) in [5, 5.41) is 10.2. The molecule has 1 saturated carbocycles. The summed E-state index contributed by atoms with van der Waals surface area (Å²) in [4.78, 5) is 26.6. The molecule has 1 saturated heterocycles. The van der Waals surface area contributed by atoms with Crippen LogP contribution < -0.4 is 32.6 Å². The van der Waals surface area contributed by atoms with E-state index in [4.69, 9.17) is 0 Å². The predicted molar refractivity (Wildman–Crippen MR) is 150 cm³/mol. The molecule has 6 N–H and O–H groups in total.